The van der Waals surface area contributed by atoms with Crippen molar-refractivity contribution in [2.45, 2.75) is 51.5 Å². The minimum absolute atomic E-state index is 0.540. The van der Waals surface area contributed by atoms with Gasteiger partial charge in [-0.1, -0.05) is 123 Å². The lowest BCUT2D eigenvalue weighted by Crippen LogP contribution is -2.17. The monoisotopic (exact) mass is 488 g/mol. The Bertz CT molecular complexity index is 1290. The van der Waals surface area contributed by atoms with Gasteiger partial charge in [0, 0.05) is 35.0 Å². The Morgan fingerprint density at radius 1 is 0.757 bits per heavy atom. The summed E-state index contributed by atoms with van der Waals surface area (Å²) in [6.07, 6.45) is 25.8. The van der Waals surface area contributed by atoms with Crippen molar-refractivity contribution in [2.75, 3.05) is 11.9 Å². The van der Waals surface area contributed by atoms with Crippen LogP contribution in [-0.4, -0.2) is 22.2 Å². The minimum Gasteiger partial charge on any atom is -0.354 e. The molecule has 1 aliphatic heterocycles. The Kier molecular flexibility index (Phi) is 8.71. The molecule has 0 saturated heterocycles. The number of rotatable bonds is 4. The fraction of sp³-hybridized carbons (Fsp3) is 0.303. The van der Waals surface area contributed by atoms with Gasteiger partial charge in [-0.15, -0.1) is 0 Å². The highest BCUT2D eigenvalue weighted by Gasteiger charge is 2.21. The van der Waals surface area contributed by atoms with Crippen molar-refractivity contribution in [1.82, 2.24) is 9.97 Å². The summed E-state index contributed by atoms with van der Waals surface area (Å²) in [6.45, 7) is 1.48. The van der Waals surface area contributed by atoms with Gasteiger partial charge >= 0.3 is 0 Å². The lowest BCUT2D eigenvalue weighted by atomic mass is 9.91. The molecule has 0 bridgehead atoms. The molecule has 0 unspecified atom stereocenters. The number of anilines is 1. The second-order valence-corrected chi connectivity index (χ2v) is 9.89. The number of aliphatic imine (C=N–C) groups is 1. The highest BCUT2D eigenvalue weighted by atomic mass is 15.1. The first-order chi connectivity index (χ1) is 18.4. The van der Waals surface area contributed by atoms with Crippen molar-refractivity contribution >= 4 is 11.7 Å². The van der Waals surface area contributed by atoms with Crippen LogP contribution in [0.25, 0.3) is 11.3 Å². The zero-order valence-electron chi connectivity index (χ0n) is 21.5. The van der Waals surface area contributed by atoms with Gasteiger partial charge in [-0.25, -0.2) is 9.97 Å². The third kappa shape index (κ3) is 6.71. The van der Waals surface area contributed by atoms with Crippen molar-refractivity contribution in [1.29, 1.82) is 0 Å². The van der Waals surface area contributed by atoms with Crippen LogP contribution in [-0.2, 0) is 6.54 Å². The average molecular weight is 489 g/mol. The first-order valence-electron chi connectivity index (χ1n) is 13.7. The summed E-state index contributed by atoms with van der Waals surface area (Å²) in [7, 11) is 0. The summed E-state index contributed by atoms with van der Waals surface area (Å²) in [5, 5.41) is 3.58. The highest BCUT2D eigenvalue weighted by molar-refractivity contribution is 6.18. The molecule has 0 spiro atoms. The van der Waals surface area contributed by atoms with Crippen LogP contribution in [0.15, 0.2) is 108 Å². The summed E-state index contributed by atoms with van der Waals surface area (Å²) < 4.78 is 0. The second-order valence-electron chi connectivity index (χ2n) is 9.89. The summed E-state index contributed by atoms with van der Waals surface area (Å²) in [6, 6.07) is 16.7. The Morgan fingerprint density at radius 2 is 1.46 bits per heavy atom. The molecule has 4 heteroatoms. The quantitative estimate of drug-likeness (QED) is 0.475. The van der Waals surface area contributed by atoms with Gasteiger partial charge in [0.15, 0.2) is 0 Å². The number of fused-ring (bicyclic) bond motifs is 3. The standard InChI is InChI=1S/C33H36N4/c1-2-10-16-22-30-29(21-15-9-1)31(27-19-13-7-4-8-14-20-27)34-24-28-25-36-33(37-32(28)30)35-23-26-17-11-5-3-6-12-18-26/h1-2,4,7-10,13-16,19-22,25-26H,3,5-6,11-12,17-18,23-24H2,(H,35,36,37)/b2-1?,7-4?,8-4?,9-1?,10-2?,13-7?,14-8?,15-9?,16-10?,19-13-,20-14?,21-15?,22-16?,27-19?,27-20+,29-21?,30-22?. The second kappa shape index (κ2) is 13.0. The van der Waals surface area contributed by atoms with E-state index in [1.807, 2.05) is 36.6 Å². The van der Waals surface area contributed by atoms with Crippen molar-refractivity contribution in [3.05, 3.63) is 114 Å². The summed E-state index contributed by atoms with van der Waals surface area (Å²) in [5.74, 6) is 1.40. The Morgan fingerprint density at radius 3 is 2.30 bits per heavy atom. The summed E-state index contributed by atoms with van der Waals surface area (Å²) >= 11 is 0. The van der Waals surface area contributed by atoms with Crippen LogP contribution in [0, 0.1) is 5.92 Å². The van der Waals surface area contributed by atoms with Crippen LogP contribution in [0.3, 0.4) is 0 Å². The summed E-state index contributed by atoms with van der Waals surface area (Å²) in [4.78, 5) is 14.9. The molecule has 37 heavy (non-hydrogen) atoms. The molecule has 2 aliphatic carbocycles. The Balaban J connectivity index is 1.53. The zero-order valence-corrected chi connectivity index (χ0v) is 21.5. The van der Waals surface area contributed by atoms with E-state index in [0.717, 1.165) is 40.2 Å². The largest absolute Gasteiger partial charge is 0.354 e. The molecule has 2 aromatic rings. The molecule has 2 heterocycles. The van der Waals surface area contributed by atoms with E-state index in [1.54, 1.807) is 0 Å². The van der Waals surface area contributed by atoms with Crippen molar-refractivity contribution in [3.8, 4) is 11.3 Å². The molecular formula is C33H36N4. The first kappa shape index (κ1) is 24.9. The molecular weight excluding hydrogens is 452 g/mol. The molecule has 0 atom stereocenters. The van der Waals surface area contributed by atoms with E-state index in [4.69, 9.17) is 15.0 Å². The molecule has 4 nitrogen and oxygen atoms in total. The van der Waals surface area contributed by atoms with Crippen LogP contribution < -0.4 is 5.32 Å². The predicted molar refractivity (Wildman–Crippen MR) is 155 cm³/mol. The van der Waals surface area contributed by atoms with E-state index < -0.39 is 0 Å². The highest BCUT2D eigenvalue weighted by Crippen LogP contribution is 2.31. The molecule has 0 amide bonds. The molecule has 1 N–H and O–H groups in total. The Labute approximate surface area is 221 Å². The minimum atomic E-state index is 0.540. The van der Waals surface area contributed by atoms with Crippen molar-refractivity contribution in [2.24, 2.45) is 10.9 Å². The smallest absolute Gasteiger partial charge is 0.223 e. The maximum absolute atomic E-state index is 5.09. The molecule has 1 aromatic heterocycles. The van der Waals surface area contributed by atoms with Crippen molar-refractivity contribution < 1.29 is 0 Å². The van der Waals surface area contributed by atoms with Crippen LogP contribution in [0.2, 0.25) is 0 Å². The normalized spacial score (nSPS) is 19.7. The number of hydrogen-bond donors (Lipinski definition) is 1. The third-order valence-corrected chi connectivity index (χ3v) is 7.20. The molecule has 188 valence electrons. The van der Waals surface area contributed by atoms with E-state index in [9.17, 15) is 0 Å². The number of hydrogen-bond acceptors (Lipinski definition) is 4. The lowest BCUT2D eigenvalue weighted by Gasteiger charge is -2.20. The molecule has 3 aliphatic rings. The van der Waals surface area contributed by atoms with E-state index >= 15 is 0 Å². The fourth-order valence-electron chi connectivity index (χ4n) is 5.19. The molecule has 1 aromatic carbocycles. The van der Waals surface area contributed by atoms with Gasteiger partial charge < -0.3 is 5.32 Å². The molecule has 1 fully saturated rings. The number of nitrogens with one attached hydrogen (secondary N) is 1. The average Bonchev–Trinajstić information content (AvgIpc) is 3.02. The van der Waals surface area contributed by atoms with Gasteiger partial charge in [0.05, 0.1) is 18.0 Å². The topological polar surface area (TPSA) is 50.2 Å². The number of nitrogens with zero attached hydrogens (tertiary/aromatic N) is 3. The van der Waals surface area contributed by atoms with Crippen LogP contribution in [0.1, 0.15) is 56.1 Å². The van der Waals surface area contributed by atoms with E-state index in [0.29, 0.717) is 18.4 Å². The maximum Gasteiger partial charge on any atom is 0.223 e. The van der Waals surface area contributed by atoms with Crippen LogP contribution in [0.4, 0.5) is 5.95 Å². The van der Waals surface area contributed by atoms with Crippen LogP contribution in [0.5, 0.6) is 0 Å². The number of aromatic nitrogens is 2. The fourth-order valence-corrected chi connectivity index (χ4v) is 5.19. The SMILES string of the molecule is C1=C/C=C\C(C2=NCc3cnc(NCC4CCCCCCC4)nc3-c3ccccccccc32)=C/C=C1. The number of allylic oxidation sites excluding steroid dienone is 8. The molecule has 0 radical (unpaired) electrons. The first-order valence-corrected chi connectivity index (χ1v) is 13.7. The summed E-state index contributed by atoms with van der Waals surface area (Å²) in [5.41, 5.74) is 6.16. The Hall–Kier alpha value is -3.79. The zero-order chi connectivity index (χ0) is 25.1. The van der Waals surface area contributed by atoms with Crippen molar-refractivity contribution in [3.63, 3.8) is 0 Å². The predicted octanol–water partition coefficient (Wildman–Crippen LogP) is 7.95. The molecule has 5 rings (SSSR count). The van der Waals surface area contributed by atoms with Gasteiger partial charge in [-0.2, -0.15) is 0 Å². The van der Waals surface area contributed by atoms with E-state index in [-0.39, 0.29) is 0 Å². The van der Waals surface area contributed by atoms with Crippen LogP contribution >= 0.6 is 0 Å². The van der Waals surface area contributed by atoms with Gasteiger partial charge in [0.2, 0.25) is 5.95 Å². The van der Waals surface area contributed by atoms with Gasteiger partial charge in [-0.05, 0) is 18.8 Å². The lowest BCUT2D eigenvalue weighted by molar-refractivity contribution is 0.392. The molecule has 1 saturated carbocycles. The van der Waals surface area contributed by atoms with E-state index in [1.165, 1.54) is 44.9 Å². The van der Waals surface area contributed by atoms with Gasteiger partial charge in [-0.3, -0.25) is 4.99 Å². The van der Waals surface area contributed by atoms with Gasteiger partial charge in [0.25, 0.3) is 0 Å². The van der Waals surface area contributed by atoms with E-state index in [2.05, 4.69) is 66.0 Å². The maximum atomic E-state index is 5.09. The third-order valence-electron chi connectivity index (χ3n) is 7.20. The van der Waals surface area contributed by atoms with Gasteiger partial charge in [0.1, 0.15) is 0 Å².